The van der Waals surface area contributed by atoms with Crippen LogP contribution in [0.1, 0.15) is 6.42 Å². The van der Waals surface area contributed by atoms with E-state index in [-0.39, 0.29) is 12.1 Å². The number of carbonyl (C=O) groups excluding carboxylic acids is 1. The number of amides is 1. The maximum absolute atomic E-state index is 11.8. The van der Waals surface area contributed by atoms with Gasteiger partial charge in [0.1, 0.15) is 5.75 Å². The van der Waals surface area contributed by atoms with Crippen molar-refractivity contribution in [3.05, 3.63) is 27.7 Å². The van der Waals surface area contributed by atoms with E-state index in [0.717, 1.165) is 10.9 Å². The normalized spacial score (nSPS) is 19.5. The molecule has 4 nitrogen and oxygen atoms in total. The van der Waals surface area contributed by atoms with Crippen molar-refractivity contribution in [2.45, 2.75) is 12.5 Å². The van der Waals surface area contributed by atoms with Crippen molar-refractivity contribution in [1.82, 2.24) is 4.90 Å². The third-order valence-corrected chi connectivity index (χ3v) is 3.20. The topological polar surface area (TPSA) is 55.6 Å². The van der Waals surface area contributed by atoms with E-state index in [1.165, 1.54) is 0 Å². The highest BCUT2D eigenvalue weighted by Crippen LogP contribution is 2.25. The maximum Gasteiger partial charge on any atom is 0.415 e. The van der Waals surface area contributed by atoms with Crippen LogP contribution in [-0.2, 0) is 0 Å². The Bertz CT molecular complexity index is 421. The molecule has 17 heavy (non-hydrogen) atoms. The fourth-order valence-corrected chi connectivity index (χ4v) is 2.54. The summed E-state index contributed by atoms with van der Waals surface area (Å²) in [7, 11) is 0. The highest BCUT2D eigenvalue weighted by molar-refractivity contribution is 9.10. The minimum atomic E-state index is -0.382. The number of rotatable bonds is 1. The van der Waals surface area contributed by atoms with Gasteiger partial charge in [-0.15, -0.1) is 0 Å². The van der Waals surface area contributed by atoms with E-state index in [1.54, 1.807) is 23.1 Å². The van der Waals surface area contributed by atoms with Crippen LogP contribution in [0.25, 0.3) is 0 Å². The molecule has 1 fully saturated rings. The van der Waals surface area contributed by atoms with Crippen molar-refractivity contribution >= 4 is 33.6 Å². The number of carbonyl (C=O) groups is 1. The summed E-state index contributed by atoms with van der Waals surface area (Å²) < 4.78 is 5.99. The lowest BCUT2D eigenvalue weighted by atomic mass is 10.3. The molecule has 92 valence electrons. The van der Waals surface area contributed by atoms with Gasteiger partial charge in [0.05, 0.1) is 0 Å². The molecular formula is C11H12BrClN2O2. The van der Waals surface area contributed by atoms with Crippen LogP contribution in [0.5, 0.6) is 5.75 Å². The molecule has 1 aromatic carbocycles. The SMILES string of the molecule is N[C@@H]1CCN(C(=O)Oc2cc(Cl)cc(Br)c2)C1. The van der Waals surface area contributed by atoms with E-state index >= 15 is 0 Å². The molecule has 2 rings (SSSR count). The molecule has 0 spiro atoms. The summed E-state index contributed by atoms with van der Waals surface area (Å²) in [4.78, 5) is 13.4. The number of hydrogen-bond donors (Lipinski definition) is 1. The van der Waals surface area contributed by atoms with Gasteiger partial charge in [-0.1, -0.05) is 27.5 Å². The third-order valence-electron chi connectivity index (χ3n) is 2.52. The van der Waals surface area contributed by atoms with Gasteiger partial charge in [-0.25, -0.2) is 4.79 Å². The van der Waals surface area contributed by atoms with Crippen LogP contribution < -0.4 is 10.5 Å². The van der Waals surface area contributed by atoms with Crippen LogP contribution in [0.3, 0.4) is 0 Å². The lowest BCUT2D eigenvalue weighted by molar-refractivity contribution is 0.162. The highest BCUT2D eigenvalue weighted by atomic mass is 79.9. The van der Waals surface area contributed by atoms with E-state index < -0.39 is 0 Å². The summed E-state index contributed by atoms with van der Waals surface area (Å²) in [5, 5.41) is 0.514. The second kappa shape index (κ2) is 5.25. The monoisotopic (exact) mass is 318 g/mol. The second-order valence-electron chi connectivity index (χ2n) is 3.97. The molecule has 0 bridgehead atoms. The van der Waals surface area contributed by atoms with E-state index in [0.29, 0.717) is 23.9 Å². The number of hydrogen-bond acceptors (Lipinski definition) is 3. The Morgan fingerprint density at radius 3 is 2.88 bits per heavy atom. The first-order chi connectivity index (χ1) is 8.04. The summed E-state index contributed by atoms with van der Waals surface area (Å²) >= 11 is 9.15. The van der Waals surface area contributed by atoms with Gasteiger partial charge < -0.3 is 15.4 Å². The molecule has 1 saturated heterocycles. The van der Waals surface area contributed by atoms with Crippen LogP contribution in [0, 0.1) is 0 Å². The molecule has 0 aliphatic carbocycles. The Morgan fingerprint density at radius 2 is 2.29 bits per heavy atom. The molecule has 1 aliphatic heterocycles. The molecule has 0 saturated carbocycles. The predicted molar refractivity (Wildman–Crippen MR) is 69.3 cm³/mol. The highest BCUT2D eigenvalue weighted by Gasteiger charge is 2.25. The van der Waals surface area contributed by atoms with E-state index in [2.05, 4.69) is 15.9 Å². The maximum atomic E-state index is 11.8. The van der Waals surface area contributed by atoms with Crippen molar-refractivity contribution in [1.29, 1.82) is 0 Å². The summed E-state index contributed by atoms with van der Waals surface area (Å²) in [5.41, 5.74) is 5.73. The van der Waals surface area contributed by atoms with Gasteiger partial charge in [0, 0.05) is 28.6 Å². The summed E-state index contributed by atoms with van der Waals surface area (Å²) in [6.45, 7) is 1.18. The average Bonchev–Trinajstić information content (AvgIpc) is 2.63. The van der Waals surface area contributed by atoms with Crippen LogP contribution in [0.15, 0.2) is 22.7 Å². The van der Waals surface area contributed by atoms with Crippen molar-refractivity contribution in [3.63, 3.8) is 0 Å². The first-order valence-corrected chi connectivity index (χ1v) is 6.40. The zero-order valence-electron chi connectivity index (χ0n) is 9.03. The molecule has 0 unspecified atom stereocenters. The number of halogens is 2. The van der Waals surface area contributed by atoms with Crippen molar-refractivity contribution in [2.24, 2.45) is 5.73 Å². The summed E-state index contributed by atoms with van der Waals surface area (Å²) in [6.07, 6.45) is 0.432. The lowest BCUT2D eigenvalue weighted by Crippen LogP contribution is -2.33. The first kappa shape index (κ1) is 12.7. The summed E-state index contributed by atoms with van der Waals surface area (Å²) in [6, 6.07) is 5.07. The second-order valence-corrected chi connectivity index (χ2v) is 5.32. The number of benzene rings is 1. The average molecular weight is 320 g/mol. The van der Waals surface area contributed by atoms with E-state index in [4.69, 9.17) is 22.1 Å². The van der Waals surface area contributed by atoms with Gasteiger partial charge >= 0.3 is 6.09 Å². The molecule has 2 N–H and O–H groups in total. The Labute approximate surface area is 113 Å². The van der Waals surface area contributed by atoms with Gasteiger partial charge in [0.15, 0.2) is 0 Å². The van der Waals surface area contributed by atoms with Crippen molar-refractivity contribution < 1.29 is 9.53 Å². The molecule has 1 aliphatic rings. The minimum absolute atomic E-state index is 0.0497. The fourth-order valence-electron chi connectivity index (χ4n) is 1.71. The molecule has 6 heteroatoms. The lowest BCUT2D eigenvalue weighted by Gasteiger charge is -2.15. The zero-order chi connectivity index (χ0) is 12.4. The van der Waals surface area contributed by atoms with Crippen molar-refractivity contribution in [2.75, 3.05) is 13.1 Å². The van der Waals surface area contributed by atoms with Gasteiger partial charge in [-0.2, -0.15) is 0 Å². The van der Waals surface area contributed by atoms with Crippen LogP contribution in [-0.4, -0.2) is 30.1 Å². The van der Waals surface area contributed by atoms with Gasteiger partial charge in [-0.05, 0) is 24.6 Å². The molecule has 1 heterocycles. The quantitative estimate of drug-likeness (QED) is 0.866. The van der Waals surface area contributed by atoms with Gasteiger partial charge in [0.25, 0.3) is 0 Å². The fraction of sp³-hybridized carbons (Fsp3) is 0.364. The number of nitrogens with two attached hydrogens (primary N) is 1. The zero-order valence-corrected chi connectivity index (χ0v) is 11.4. The molecule has 1 atom stereocenters. The van der Waals surface area contributed by atoms with Crippen LogP contribution in [0.2, 0.25) is 5.02 Å². The molecule has 1 aromatic rings. The molecule has 0 radical (unpaired) electrons. The Hall–Kier alpha value is -0.780. The Balaban J connectivity index is 2.03. The van der Waals surface area contributed by atoms with E-state index in [9.17, 15) is 4.79 Å². The standard InChI is InChI=1S/C11H12BrClN2O2/c12-7-3-8(13)5-10(4-7)17-11(16)15-2-1-9(14)6-15/h3-5,9H,1-2,6,14H2/t9-/m1/s1. The minimum Gasteiger partial charge on any atom is -0.410 e. The van der Waals surface area contributed by atoms with E-state index in [1.807, 2.05) is 0 Å². The number of likely N-dealkylation sites (tertiary alicyclic amines) is 1. The van der Waals surface area contributed by atoms with Crippen molar-refractivity contribution in [3.8, 4) is 5.75 Å². The molecule has 0 aromatic heterocycles. The Kier molecular flexibility index (Phi) is 3.91. The predicted octanol–water partition coefficient (Wildman–Crippen LogP) is 2.63. The van der Waals surface area contributed by atoms with Gasteiger partial charge in [-0.3, -0.25) is 0 Å². The van der Waals surface area contributed by atoms with Crippen LogP contribution >= 0.6 is 27.5 Å². The smallest absolute Gasteiger partial charge is 0.410 e. The van der Waals surface area contributed by atoms with Gasteiger partial charge in [0.2, 0.25) is 0 Å². The number of nitrogens with zero attached hydrogens (tertiary/aromatic N) is 1. The summed E-state index contributed by atoms with van der Waals surface area (Å²) in [5.74, 6) is 0.426. The molecular weight excluding hydrogens is 307 g/mol. The molecule has 1 amide bonds. The van der Waals surface area contributed by atoms with Crippen LogP contribution in [0.4, 0.5) is 4.79 Å². The largest absolute Gasteiger partial charge is 0.415 e. The first-order valence-electron chi connectivity index (χ1n) is 5.23. The Morgan fingerprint density at radius 1 is 1.53 bits per heavy atom. The number of ether oxygens (including phenoxy) is 1. The third kappa shape index (κ3) is 3.34.